The fourth-order valence-corrected chi connectivity index (χ4v) is 4.45. The van der Waals surface area contributed by atoms with E-state index in [9.17, 15) is 15.0 Å². The SMILES string of the molecule is C=CC(=O)O.Oc1ccc(C2(c3ccc(O)cc3)c3ccccc3-c3ccccc32)cc1. The fraction of sp³-hybridized carbons (Fsp3) is 0.0357. The van der Waals surface area contributed by atoms with Gasteiger partial charge in [0.05, 0.1) is 5.41 Å². The summed E-state index contributed by atoms with van der Waals surface area (Å²) >= 11 is 0. The topological polar surface area (TPSA) is 77.8 Å². The number of phenolic OH excluding ortho intramolecular Hbond substituents is 2. The van der Waals surface area contributed by atoms with Gasteiger partial charge in [-0.25, -0.2) is 4.79 Å². The number of aromatic hydroxyl groups is 2. The van der Waals surface area contributed by atoms with Crippen molar-refractivity contribution < 1.29 is 20.1 Å². The Bertz CT molecular complexity index is 1180. The highest BCUT2D eigenvalue weighted by atomic mass is 16.4. The number of hydrogen-bond donors (Lipinski definition) is 3. The lowest BCUT2D eigenvalue weighted by molar-refractivity contribution is -0.131. The molecule has 158 valence electrons. The number of carbonyl (C=O) groups is 1. The van der Waals surface area contributed by atoms with Gasteiger partial charge in [-0.2, -0.15) is 0 Å². The van der Waals surface area contributed by atoms with Crippen molar-refractivity contribution in [3.05, 3.63) is 132 Å². The number of aliphatic carboxylic acids is 1. The van der Waals surface area contributed by atoms with Crippen molar-refractivity contribution in [3.8, 4) is 22.6 Å². The first-order valence-electron chi connectivity index (χ1n) is 10.1. The van der Waals surface area contributed by atoms with E-state index in [2.05, 4.69) is 55.1 Å². The molecule has 0 saturated heterocycles. The maximum absolute atomic E-state index is 9.85. The van der Waals surface area contributed by atoms with Crippen LogP contribution in [0.15, 0.2) is 110 Å². The van der Waals surface area contributed by atoms with Crippen LogP contribution >= 0.6 is 0 Å². The van der Waals surface area contributed by atoms with Crippen LogP contribution in [-0.4, -0.2) is 21.3 Å². The second-order valence-electron chi connectivity index (χ2n) is 7.48. The van der Waals surface area contributed by atoms with Crippen LogP contribution in [0.4, 0.5) is 0 Å². The van der Waals surface area contributed by atoms with Crippen molar-refractivity contribution in [1.29, 1.82) is 0 Å². The molecule has 32 heavy (non-hydrogen) atoms. The molecule has 4 heteroatoms. The maximum Gasteiger partial charge on any atom is 0.327 e. The third kappa shape index (κ3) is 3.42. The Morgan fingerprint density at radius 1 is 0.656 bits per heavy atom. The lowest BCUT2D eigenvalue weighted by atomic mass is 9.68. The molecular weight excluding hydrogens is 400 g/mol. The lowest BCUT2D eigenvalue weighted by Gasteiger charge is -2.33. The quantitative estimate of drug-likeness (QED) is 0.325. The Morgan fingerprint density at radius 3 is 1.34 bits per heavy atom. The number of carboxylic acids is 1. The molecule has 4 nitrogen and oxygen atoms in total. The monoisotopic (exact) mass is 422 g/mol. The van der Waals surface area contributed by atoms with Crippen LogP contribution in [0.1, 0.15) is 22.3 Å². The van der Waals surface area contributed by atoms with Crippen molar-refractivity contribution in [2.75, 3.05) is 0 Å². The van der Waals surface area contributed by atoms with Gasteiger partial charge in [0.2, 0.25) is 0 Å². The van der Waals surface area contributed by atoms with Crippen LogP contribution in [0.3, 0.4) is 0 Å². The molecule has 4 aromatic rings. The van der Waals surface area contributed by atoms with Gasteiger partial charge in [-0.3, -0.25) is 0 Å². The van der Waals surface area contributed by atoms with E-state index in [4.69, 9.17) is 5.11 Å². The zero-order chi connectivity index (χ0) is 22.7. The molecule has 3 N–H and O–H groups in total. The Kier molecular flexibility index (Phi) is 5.52. The van der Waals surface area contributed by atoms with Crippen LogP contribution < -0.4 is 0 Å². The first kappa shape index (κ1) is 20.9. The minimum absolute atomic E-state index is 0.249. The molecule has 0 atom stereocenters. The van der Waals surface area contributed by atoms with E-state index in [1.165, 1.54) is 22.3 Å². The summed E-state index contributed by atoms with van der Waals surface area (Å²) in [4.78, 5) is 9.25. The molecule has 5 rings (SSSR count). The Balaban J connectivity index is 0.000000444. The molecule has 0 radical (unpaired) electrons. The van der Waals surface area contributed by atoms with Crippen molar-refractivity contribution in [2.24, 2.45) is 0 Å². The smallest absolute Gasteiger partial charge is 0.327 e. The number of benzene rings is 4. The minimum atomic E-state index is -0.981. The first-order chi connectivity index (χ1) is 15.5. The third-order valence-corrected chi connectivity index (χ3v) is 5.73. The van der Waals surface area contributed by atoms with Gasteiger partial charge < -0.3 is 15.3 Å². The molecule has 0 bridgehead atoms. The number of phenols is 2. The van der Waals surface area contributed by atoms with Crippen LogP contribution in [0.5, 0.6) is 11.5 Å². The van der Waals surface area contributed by atoms with E-state index in [1.54, 1.807) is 24.3 Å². The van der Waals surface area contributed by atoms with Crippen LogP contribution in [0.2, 0.25) is 0 Å². The van der Waals surface area contributed by atoms with E-state index in [0.29, 0.717) is 0 Å². The highest BCUT2D eigenvalue weighted by molar-refractivity contribution is 5.86. The molecule has 0 amide bonds. The largest absolute Gasteiger partial charge is 0.508 e. The third-order valence-electron chi connectivity index (χ3n) is 5.73. The summed E-state index contributed by atoms with van der Waals surface area (Å²) in [5, 5.41) is 27.3. The molecule has 0 heterocycles. The molecule has 0 unspecified atom stereocenters. The molecule has 0 saturated carbocycles. The summed E-state index contributed by atoms with van der Waals surface area (Å²) in [6.45, 7) is 2.96. The van der Waals surface area contributed by atoms with Gasteiger partial charge in [0.25, 0.3) is 0 Å². The van der Waals surface area contributed by atoms with Crippen LogP contribution in [0, 0.1) is 0 Å². The highest BCUT2D eigenvalue weighted by Gasteiger charge is 2.45. The Labute approximate surface area is 186 Å². The Hall–Kier alpha value is -4.31. The van der Waals surface area contributed by atoms with Crippen molar-refractivity contribution in [3.63, 3.8) is 0 Å². The van der Waals surface area contributed by atoms with Gasteiger partial charge >= 0.3 is 5.97 Å². The van der Waals surface area contributed by atoms with Gasteiger partial charge in [0, 0.05) is 6.08 Å². The number of hydrogen-bond acceptors (Lipinski definition) is 3. The average molecular weight is 422 g/mol. The normalized spacial score (nSPS) is 12.6. The number of rotatable bonds is 3. The van der Waals surface area contributed by atoms with Crippen LogP contribution in [-0.2, 0) is 10.2 Å². The van der Waals surface area contributed by atoms with Gasteiger partial charge in [-0.1, -0.05) is 79.4 Å². The predicted molar refractivity (Wildman–Crippen MR) is 125 cm³/mol. The first-order valence-corrected chi connectivity index (χ1v) is 10.1. The van der Waals surface area contributed by atoms with E-state index in [1.807, 2.05) is 24.3 Å². The summed E-state index contributed by atoms with van der Waals surface area (Å²) in [6.07, 6.45) is 0.833. The lowest BCUT2D eigenvalue weighted by Crippen LogP contribution is -2.28. The van der Waals surface area contributed by atoms with E-state index < -0.39 is 11.4 Å². The molecule has 0 fully saturated rings. The Morgan fingerprint density at radius 2 is 1.00 bits per heavy atom. The van der Waals surface area contributed by atoms with Crippen LogP contribution in [0.25, 0.3) is 11.1 Å². The van der Waals surface area contributed by atoms with Crippen molar-refractivity contribution in [1.82, 2.24) is 0 Å². The summed E-state index contributed by atoms with van der Waals surface area (Å²) < 4.78 is 0. The second-order valence-corrected chi connectivity index (χ2v) is 7.48. The summed E-state index contributed by atoms with van der Waals surface area (Å²) in [7, 11) is 0. The second kappa shape index (κ2) is 8.44. The van der Waals surface area contributed by atoms with Gasteiger partial charge in [0.1, 0.15) is 11.5 Å². The van der Waals surface area contributed by atoms with Gasteiger partial charge in [0.15, 0.2) is 0 Å². The molecule has 0 spiro atoms. The van der Waals surface area contributed by atoms with Crippen molar-refractivity contribution in [2.45, 2.75) is 5.41 Å². The average Bonchev–Trinajstić information content (AvgIpc) is 3.12. The van der Waals surface area contributed by atoms with Gasteiger partial charge in [-0.05, 0) is 57.6 Å². The molecule has 0 aliphatic heterocycles. The predicted octanol–water partition coefficient (Wildman–Crippen LogP) is 5.72. The number of carboxylic acid groups (broad SMARTS) is 1. The molecule has 4 aromatic carbocycles. The summed E-state index contributed by atoms with van der Waals surface area (Å²) in [5.74, 6) is -0.483. The molecule has 1 aliphatic carbocycles. The van der Waals surface area contributed by atoms with E-state index in [-0.39, 0.29) is 11.5 Å². The van der Waals surface area contributed by atoms with E-state index >= 15 is 0 Å². The molecule has 0 aromatic heterocycles. The zero-order valence-corrected chi connectivity index (χ0v) is 17.3. The maximum atomic E-state index is 9.85. The zero-order valence-electron chi connectivity index (χ0n) is 17.3. The molecular formula is C28H22O4. The summed E-state index contributed by atoms with van der Waals surface area (Å²) in [5.41, 5.74) is 6.54. The highest BCUT2D eigenvalue weighted by Crippen LogP contribution is 2.56. The van der Waals surface area contributed by atoms with Gasteiger partial charge in [-0.15, -0.1) is 0 Å². The standard InChI is InChI=1S/C25H18O2.C3H4O2/c26-19-13-9-17(10-14-19)25(18-11-15-20(27)16-12-18)23-7-3-1-5-21(23)22-6-2-4-8-24(22)25;1-2-3(4)5/h1-16,26-27H;2H,1H2,(H,4,5). The van der Waals surface area contributed by atoms with E-state index in [0.717, 1.165) is 17.2 Å². The fourth-order valence-electron chi connectivity index (χ4n) is 4.45. The minimum Gasteiger partial charge on any atom is -0.508 e. The van der Waals surface area contributed by atoms with Crippen molar-refractivity contribution >= 4 is 5.97 Å². The molecule has 1 aliphatic rings. The summed E-state index contributed by atoms with van der Waals surface area (Å²) in [6, 6.07) is 31.9. The number of fused-ring (bicyclic) bond motifs is 3.